The van der Waals surface area contributed by atoms with Crippen molar-refractivity contribution >= 4 is 17.5 Å². The molecule has 0 unspecified atom stereocenters. The van der Waals surface area contributed by atoms with Gasteiger partial charge >= 0.3 is 0 Å². The van der Waals surface area contributed by atoms with Crippen molar-refractivity contribution in [3.63, 3.8) is 0 Å². The molecule has 0 spiro atoms. The average molecular weight is 276 g/mol. The van der Waals surface area contributed by atoms with Crippen LogP contribution in [0.5, 0.6) is 0 Å². The Bertz CT molecular complexity index is 496. The second-order valence-corrected chi connectivity index (χ2v) is 5.02. The Labute approximate surface area is 118 Å². The standard InChI is InChI=1S/C14H20N4O2/c1-11-3-4-15-9-13(11)16-14(20)10-17-5-7-18(8-6-17)12(2)19/h3-4,9H,5-8,10H2,1-2H3,(H,16,20). The Kier molecular flexibility index (Phi) is 4.68. The summed E-state index contributed by atoms with van der Waals surface area (Å²) in [6, 6.07) is 1.86. The molecule has 0 aromatic carbocycles. The third-order valence-electron chi connectivity index (χ3n) is 3.50. The maximum absolute atomic E-state index is 12.0. The van der Waals surface area contributed by atoms with Gasteiger partial charge in [-0.05, 0) is 18.6 Å². The van der Waals surface area contributed by atoms with Gasteiger partial charge in [0.15, 0.2) is 0 Å². The molecule has 1 aliphatic heterocycles. The molecule has 1 aromatic heterocycles. The van der Waals surface area contributed by atoms with Crippen molar-refractivity contribution in [3.8, 4) is 0 Å². The molecule has 6 heteroatoms. The normalized spacial score (nSPS) is 16.0. The molecule has 0 atom stereocenters. The number of piperazine rings is 1. The predicted molar refractivity (Wildman–Crippen MR) is 76.3 cm³/mol. The molecule has 2 heterocycles. The van der Waals surface area contributed by atoms with Crippen LogP contribution in [0.4, 0.5) is 5.69 Å². The third-order valence-corrected chi connectivity index (χ3v) is 3.50. The molecule has 2 amide bonds. The molecule has 1 fully saturated rings. The zero-order chi connectivity index (χ0) is 14.5. The van der Waals surface area contributed by atoms with E-state index in [1.54, 1.807) is 24.2 Å². The zero-order valence-corrected chi connectivity index (χ0v) is 11.9. The summed E-state index contributed by atoms with van der Waals surface area (Å²) in [5.74, 6) is 0.0532. The lowest BCUT2D eigenvalue weighted by molar-refractivity contribution is -0.130. The van der Waals surface area contributed by atoms with Crippen molar-refractivity contribution in [1.82, 2.24) is 14.8 Å². The van der Waals surface area contributed by atoms with Crippen LogP contribution >= 0.6 is 0 Å². The number of carbonyl (C=O) groups excluding carboxylic acids is 2. The lowest BCUT2D eigenvalue weighted by Gasteiger charge is -2.33. The summed E-state index contributed by atoms with van der Waals surface area (Å²) in [6.07, 6.45) is 3.35. The van der Waals surface area contributed by atoms with Gasteiger partial charge < -0.3 is 10.2 Å². The summed E-state index contributed by atoms with van der Waals surface area (Å²) >= 11 is 0. The lowest BCUT2D eigenvalue weighted by atomic mass is 10.2. The Hall–Kier alpha value is -1.95. The quantitative estimate of drug-likeness (QED) is 0.872. The summed E-state index contributed by atoms with van der Waals surface area (Å²) in [6.45, 7) is 6.71. The number of hydrogen-bond acceptors (Lipinski definition) is 4. The van der Waals surface area contributed by atoms with E-state index in [-0.39, 0.29) is 11.8 Å². The first kappa shape index (κ1) is 14.5. The van der Waals surface area contributed by atoms with Gasteiger partial charge in [0, 0.05) is 39.3 Å². The number of hydrogen-bond donors (Lipinski definition) is 1. The highest BCUT2D eigenvalue weighted by atomic mass is 16.2. The van der Waals surface area contributed by atoms with Crippen molar-refractivity contribution in [2.75, 3.05) is 38.0 Å². The minimum absolute atomic E-state index is 0.0441. The number of nitrogens with one attached hydrogen (secondary N) is 1. The number of aromatic nitrogens is 1. The van der Waals surface area contributed by atoms with Crippen LogP contribution < -0.4 is 5.32 Å². The Morgan fingerprint density at radius 3 is 2.60 bits per heavy atom. The van der Waals surface area contributed by atoms with Gasteiger partial charge in [-0.1, -0.05) is 0 Å². The molecule has 1 aliphatic rings. The molecule has 0 bridgehead atoms. The molecule has 20 heavy (non-hydrogen) atoms. The van der Waals surface area contributed by atoms with Crippen LogP contribution in [0.25, 0.3) is 0 Å². The topological polar surface area (TPSA) is 65.5 Å². The van der Waals surface area contributed by atoms with E-state index in [9.17, 15) is 9.59 Å². The van der Waals surface area contributed by atoms with Crippen molar-refractivity contribution in [1.29, 1.82) is 0 Å². The van der Waals surface area contributed by atoms with Crippen LogP contribution in [0.3, 0.4) is 0 Å². The Morgan fingerprint density at radius 1 is 1.30 bits per heavy atom. The third kappa shape index (κ3) is 3.77. The SMILES string of the molecule is CC(=O)N1CCN(CC(=O)Nc2cnccc2C)CC1. The van der Waals surface area contributed by atoms with Crippen molar-refractivity contribution < 1.29 is 9.59 Å². The van der Waals surface area contributed by atoms with Crippen LogP contribution in [0, 0.1) is 6.92 Å². The minimum atomic E-state index is -0.0441. The molecule has 6 nitrogen and oxygen atoms in total. The number of rotatable bonds is 3. The molecule has 0 saturated carbocycles. The molecular formula is C14H20N4O2. The van der Waals surface area contributed by atoms with E-state index in [1.165, 1.54) is 0 Å². The van der Waals surface area contributed by atoms with Crippen molar-refractivity contribution in [3.05, 3.63) is 24.0 Å². The first-order valence-electron chi connectivity index (χ1n) is 6.74. The van der Waals surface area contributed by atoms with E-state index in [0.717, 1.165) is 24.3 Å². The van der Waals surface area contributed by atoms with E-state index in [4.69, 9.17) is 0 Å². The van der Waals surface area contributed by atoms with Gasteiger partial charge in [0.1, 0.15) is 0 Å². The van der Waals surface area contributed by atoms with Gasteiger partial charge in [-0.3, -0.25) is 19.5 Å². The van der Waals surface area contributed by atoms with E-state index in [2.05, 4.69) is 15.2 Å². The highest BCUT2D eigenvalue weighted by Gasteiger charge is 2.20. The molecule has 0 aliphatic carbocycles. The summed E-state index contributed by atoms with van der Waals surface area (Å²) in [5.41, 5.74) is 1.75. The Morgan fingerprint density at radius 2 is 2.00 bits per heavy atom. The maximum atomic E-state index is 12.0. The van der Waals surface area contributed by atoms with E-state index in [1.807, 2.05) is 13.0 Å². The van der Waals surface area contributed by atoms with Gasteiger partial charge in [0.2, 0.25) is 11.8 Å². The fourth-order valence-corrected chi connectivity index (χ4v) is 2.21. The van der Waals surface area contributed by atoms with Gasteiger partial charge in [-0.2, -0.15) is 0 Å². The number of carbonyl (C=O) groups is 2. The van der Waals surface area contributed by atoms with Crippen LogP contribution in [0.2, 0.25) is 0 Å². The first-order valence-corrected chi connectivity index (χ1v) is 6.74. The molecule has 2 rings (SSSR count). The summed E-state index contributed by atoms with van der Waals surface area (Å²) in [4.78, 5) is 31.1. The second kappa shape index (κ2) is 6.47. The zero-order valence-electron chi connectivity index (χ0n) is 11.9. The molecule has 1 saturated heterocycles. The molecule has 0 radical (unpaired) electrons. The van der Waals surface area contributed by atoms with Crippen molar-refractivity contribution in [2.24, 2.45) is 0 Å². The largest absolute Gasteiger partial charge is 0.340 e. The number of nitrogens with zero attached hydrogens (tertiary/aromatic N) is 3. The minimum Gasteiger partial charge on any atom is -0.340 e. The van der Waals surface area contributed by atoms with Gasteiger partial charge in [0.05, 0.1) is 18.4 Å². The second-order valence-electron chi connectivity index (χ2n) is 5.02. The monoisotopic (exact) mass is 276 g/mol. The summed E-state index contributed by atoms with van der Waals surface area (Å²) in [5, 5.41) is 2.87. The predicted octanol–water partition coefficient (Wildman–Crippen LogP) is 0.493. The average Bonchev–Trinajstić information content (AvgIpc) is 2.42. The van der Waals surface area contributed by atoms with Gasteiger partial charge in [-0.25, -0.2) is 0 Å². The summed E-state index contributed by atoms with van der Waals surface area (Å²) < 4.78 is 0. The van der Waals surface area contributed by atoms with Crippen LogP contribution in [0.1, 0.15) is 12.5 Å². The molecule has 108 valence electrons. The number of pyridine rings is 1. The highest BCUT2D eigenvalue weighted by molar-refractivity contribution is 5.92. The first-order chi connectivity index (χ1) is 9.56. The molecule has 1 aromatic rings. The lowest BCUT2D eigenvalue weighted by Crippen LogP contribution is -2.49. The van der Waals surface area contributed by atoms with E-state index in [0.29, 0.717) is 19.6 Å². The van der Waals surface area contributed by atoms with Gasteiger partial charge in [0.25, 0.3) is 0 Å². The van der Waals surface area contributed by atoms with E-state index >= 15 is 0 Å². The van der Waals surface area contributed by atoms with Crippen LogP contribution in [-0.2, 0) is 9.59 Å². The van der Waals surface area contributed by atoms with Crippen LogP contribution in [-0.4, -0.2) is 59.3 Å². The highest BCUT2D eigenvalue weighted by Crippen LogP contribution is 2.11. The fraction of sp³-hybridized carbons (Fsp3) is 0.500. The maximum Gasteiger partial charge on any atom is 0.238 e. The number of anilines is 1. The Balaban J connectivity index is 1.81. The van der Waals surface area contributed by atoms with Gasteiger partial charge in [-0.15, -0.1) is 0 Å². The fourth-order valence-electron chi connectivity index (χ4n) is 2.21. The summed E-state index contributed by atoms with van der Waals surface area (Å²) in [7, 11) is 0. The number of amides is 2. The van der Waals surface area contributed by atoms with Crippen molar-refractivity contribution in [2.45, 2.75) is 13.8 Å². The smallest absolute Gasteiger partial charge is 0.238 e. The van der Waals surface area contributed by atoms with E-state index < -0.39 is 0 Å². The van der Waals surface area contributed by atoms with Crippen LogP contribution in [0.15, 0.2) is 18.5 Å². The molecular weight excluding hydrogens is 256 g/mol. The molecule has 1 N–H and O–H groups in total. The number of aryl methyl sites for hydroxylation is 1.